The number of rotatable bonds is 4. The number of hydrogen-bond donors (Lipinski definition) is 0. The molecule has 0 aliphatic heterocycles. The number of hydrogen-bond acceptors (Lipinski definition) is 7. The molecule has 0 amide bonds. The van der Waals surface area contributed by atoms with Crippen molar-refractivity contribution in [2.24, 2.45) is 0 Å². The number of furan rings is 1. The summed E-state index contributed by atoms with van der Waals surface area (Å²) in [5.74, 6) is 0.572. The van der Waals surface area contributed by atoms with Crippen molar-refractivity contribution in [2.45, 2.75) is 6.92 Å². The fourth-order valence-electron chi connectivity index (χ4n) is 2.24. The Labute approximate surface area is 145 Å². The van der Waals surface area contributed by atoms with E-state index in [1.165, 1.54) is 29.0 Å². The van der Waals surface area contributed by atoms with Gasteiger partial charge < -0.3 is 4.42 Å². The second-order valence-electron chi connectivity index (χ2n) is 5.29. The van der Waals surface area contributed by atoms with E-state index in [1.807, 2.05) is 31.2 Å². The Hall–Kier alpha value is -3.33. The quantitative estimate of drug-likeness (QED) is 0.408. The van der Waals surface area contributed by atoms with Gasteiger partial charge >= 0.3 is 5.88 Å². The van der Waals surface area contributed by atoms with Gasteiger partial charge in [-0.2, -0.15) is 9.61 Å². The minimum Gasteiger partial charge on any atom is -0.401 e. The van der Waals surface area contributed by atoms with Crippen molar-refractivity contribution >= 4 is 34.3 Å². The van der Waals surface area contributed by atoms with E-state index in [0.717, 1.165) is 10.6 Å². The third-order valence-corrected chi connectivity index (χ3v) is 4.45. The van der Waals surface area contributed by atoms with Crippen molar-refractivity contribution in [3.8, 4) is 10.6 Å². The fraction of sp³-hybridized carbons (Fsp3) is 0.0625. The molecule has 124 valence electrons. The van der Waals surface area contributed by atoms with Crippen molar-refractivity contribution in [3.63, 3.8) is 0 Å². The normalized spacial score (nSPS) is 11.6. The van der Waals surface area contributed by atoms with Crippen LogP contribution in [0.2, 0.25) is 0 Å². The highest BCUT2D eigenvalue weighted by atomic mass is 32.1. The molecule has 25 heavy (non-hydrogen) atoms. The van der Waals surface area contributed by atoms with Crippen molar-refractivity contribution in [1.82, 2.24) is 19.8 Å². The standard InChI is InChI=1S/C16H11N5O3S/c1-10-2-4-11(5-3-10)15-19-20-13(17-18-16(20)25-15)8-6-12-7-9-14(24-12)21(22)23/h2-9H,1H3/b8-6+. The molecular weight excluding hydrogens is 342 g/mol. The van der Waals surface area contributed by atoms with E-state index in [1.54, 1.807) is 16.7 Å². The lowest BCUT2D eigenvalue weighted by atomic mass is 10.2. The van der Waals surface area contributed by atoms with Gasteiger partial charge in [0.05, 0.1) is 6.07 Å². The van der Waals surface area contributed by atoms with Crippen LogP contribution in [0.5, 0.6) is 0 Å². The maximum atomic E-state index is 10.6. The summed E-state index contributed by atoms with van der Waals surface area (Å²) < 4.78 is 6.71. The molecule has 3 aromatic heterocycles. The fourth-order valence-corrected chi connectivity index (χ4v) is 3.09. The smallest absolute Gasteiger partial charge is 0.401 e. The lowest BCUT2D eigenvalue weighted by Crippen LogP contribution is -1.89. The molecule has 3 heterocycles. The maximum absolute atomic E-state index is 10.6. The molecule has 0 bridgehead atoms. The van der Waals surface area contributed by atoms with Gasteiger partial charge in [-0.3, -0.25) is 10.1 Å². The van der Waals surface area contributed by atoms with Crippen LogP contribution in [0.15, 0.2) is 40.8 Å². The molecule has 0 saturated carbocycles. The third kappa shape index (κ3) is 2.92. The summed E-state index contributed by atoms with van der Waals surface area (Å²) in [5.41, 5.74) is 2.20. The molecule has 0 aliphatic rings. The SMILES string of the molecule is Cc1ccc(-c2nn3c(/C=C/c4ccc([N+](=O)[O-])o4)nnc3s2)cc1. The molecule has 0 atom stereocenters. The van der Waals surface area contributed by atoms with Crippen LogP contribution in [0.4, 0.5) is 5.88 Å². The minimum absolute atomic E-state index is 0.304. The molecule has 0 N–H and O–H groups in total. The maximum Gasteiger partial charge on any atom is 0.433 e. The molecule has 0 aliphatic carbocycles. The first-order valence-corrected chi connectivity index (χ1v) is 8.13. The molecule has 9 heteroatoms. The molecular formula is C16H11N5O3S. The highest BCUT2D eigenvalue weighted by Crippen LogP contribution is 2.26. The second kappa shape index (κ2) is 5.95. The third-order valence-electron chi connectivity index (χ3n) is 3.50. The van der Waals surface area contributed by atoms with Crippen LogP contribution in [0, 0.1) is 17.0 Å². The lowest BCUT2D eigenvalue weighted by molar-refractivity contribution is -0.402. The number of nitro groups is 1. The van der Waals surface area contributed by atoms with Crippen LogP contribution in [0.25, 0.3) is 27.7 Å². The summed E-state index contributed by atoms with van der Waals surface area (Å²) in [6.07, 6.45) is 3.25. The van der Waals surface area contributed by atoms with E-state index in [2.05, 4.69) is 15.3 Å². The van der Waals surface area contributed by atoms with Gasteiger partial charge in [-0.25, -0.2) is 0 Å². The molecule has 0 radical (unpaired) electrons. The monoisotopic (exact) mass is 353 g/mol. The average Bonchev–Trinajstić information content (AvgIpc) is 3.29. The number of benzene rings is 1. The molecule has 0 unspecified atom stereocenters. The zero-order chi connectivity index (χ0) is 17.4. The van der Waals surface area contributed by atoms with Crippen molar-refractivity contribution < 1.29 is 9.34 Å². The molecule has 4 aromatic rings. The molecule has 8 nitrogen and oxygen atoms in total. The minimum atomic E-state index is -0.582. The summed E-state index contributed by atoms with van der Waals surface area (Å²) in [7, 11) is 0. The Morgan fingerprint density at radius 3 is 2.68 bits per heavy atom. The van der Waals surface area contributed by atoms with Crippen molar-refractivity contribution in [1.29, 1.82) is 0 Å². The number of aryl methyl sites for hydroxylation is 1. The molecule has 0 saturated heterocycles. The van der Waals surface area contributed by atoms with Gasteiger partial charge in [0.2, 0.25) is 4.96 Å². The molecule has 0 spiro atoms. The van der Waals surface area contributed by atoms with Gasteiger partial charge in [0, 0.05) is 5.56 Å². The van der Waals surface area contributed by atoms with Crippen LogP contribution < -0.4 is 0 Å². The molecule has 0 fully saturated rings. The van der Waals surface area contributed by atoms with Crippen LogP contribution >= 0.6 is 11.3 Å². The Morgan fingerprint density at radius 2 is 1.96 bits per heavy atom. The molecule has 4 rings (SSSR count). The summed E-state index contributed by atoms with van der Waals surface area (Å²) in [6.45, 7) is 2.03. The highest BCUT2D eigenvalue weighted by molar-refractivity contribution is 7.19. The zero-order valence-corrected chi connectivity index (χ0v) is 13.8. The van der Waals surface area contributed by atoms with E-state index in [0.29, 0.717) is 16.5 Å². The first-order chi connectivity index (χ1) is 12.1. The number of aromatic nitrogens is 4. The van der Waals surface area contributed by atoms with Gasteiger partial charge in [-0.15, -0.1) is 10.2 Å². The van der Waals surface area contributed by atoms with Crippen LogP contribution in [0.1, 0.15) is 17.1 Å². The van der Waals surface area contributed by atoms with Gasteiger partial charge in [0.25, 0.3) is 0 Å². The summed E-state index contributed by atoms with van der Waals surface area (Å²) in [6, 6.07) is 10.9. The second-order valence-corrected chi connectivity index (χ2v) is 6.25. The van der Waals surface area contributed by atoms with E-state index in [-0.39, 0.29) is 5.88 Å². The van der Waals surface area contributed by atoms with E-state index in [4.69, 9.17) is 4.42 Å². The Morgan fingerprint density at radius 1 is 1.16 bits per heavy atom. The van der Waals surface area contributed by atoms with Crippen molar-refractivity contribution in [3.05, 3.63) is 63.7 Å². The van der Waals surface area contributed by atoms with Gasteiger partial charge in [0.1, 0.15) is 15.7 Å². The van der Waals surface area contributed by atoms with Gasteiger partial charge in [-0.1, -0.05) is 41.2 Å². The summed E-state index contributed by atoms with van der Waals surface area (Å²) in [4.78, 5) is 10.7. The average molecular weight is 353 g/mol. The van der Waals surface area contributed by atoms with Gasteiger partial charge in [0.15, 0.2) is 5.82 Å². The topological polar surface area (TPSA) is 99.4 Å². The largest absolute Gasteiger partial charge is 0.433 e. The number of fused-ring (bicyclic) bond motifs is 1. The van der Waals surface area contributed by atoms with Crippen LogP contribution in [-0.2, 0) is 0 Å². The molecule has 1 aromatic carbocycles. The van der Waals surface area contributed by atoms with Gasteiger partial charge in [-0.05, 0) is 25.1 Å². The first kappa shape index (κ1) is 15.2. The Bertz CT molecular complexity index is 1090. The predicted octanol–water partition coefficient (Wildman–Crippen LogP) is 3.83. The Kier molecular flexibility index (Phi) is 3.62. The summed E-state index contributed by atoms with van der Waals surface area (Å²) >= 11 is 1.44. The van der Waals surface area contributed by atoms with Crippen LogP contribution in [0.3, 0.4) is 0 Å². The highest BCUT2D eigenvalue weighted by Gasteiger charge is 2.13. The van der Waals surface area contributed by atoms with E-state index in [9.17, 15) is 10.1 Å². The summed E-state index contributed by atoms with van der Waals surface area (Å²) in [5, 5.41) is 24.2. The zero-order valence-electron chi connectivity index (χ0n) is 13.0. The predicted molar refractivity (Wildman–Crippen MR) is 93.1 cm³/mol. The first-order valence-electron chi connectivity index (χ1n) is 7.32. The van der Waals surface area contributed by atoms with Crippen LogP contribution in [-0.4, -0.2) is 24.7 Å². The van der Waals surface area contributed by atoms with E-state index < -0.39 is 4.92 Å². The van der Waals surface area contributed by atoms with E-state index >= 15 is 0 Å². The van der Waals surface area contributed by atoms with Crippen molar-refractivity contribution in [2.75, 3.05) is 0 Å². The lowest BCUT2D eigenvalue weighted by Gasteiger charge is -1.95. The number of nitrogens with zero attached hydrogens (tertiary/aromatic N) is 5. The Balaban J connectivity index is 1.65.